The minimum atomic E-state index is 0.0356. The first-order valence-electron chi connectivity index (χ1n) is 7.26. The molecule has 0 heterocycles. The van der Waals surface area contributed by atoms with Gasteiger partial charge in [0, 0.05) is 6.54 Å². The lowest BCUT2D eigenvalue weighted by Gasteiger charge is -2.19. The van der Waals surface area contributed by atoms with Crippen LogP contribution in [0.5, 0.6) is 0 Å². The Labute approximate surface area is 146 Å². The number of nitriles is 2. The van der Waals surface area contributed by atoms with Gasteiger partial charge in [-0.05, 0) is 12.3 Å². The highest BCUT2D eigenvalue weighted by atomic mass is 35.5. The van der Waals surface area contributed by atoms with E-state index in [1.54, 1.807) is 0 Å². The van der Waals surface area contributed by atoms with Gasteiger partial charge in [-0.2, -0.15) is 10.5 Å². The smallest absolute Gasteiger partial charge is 0.103 e. The molecule has 0 aliphatic rings. The maximum absolute atomic E-state index is 9.31. The Kier molecular flexibility index (Phi) is 7.83. The Morgan fingerprint density at radius 1 is 1.00 bits per heavy atom. The topological polar surface area (TPSA) is 59.6 Å². The third kappa shape index (κ3) is 4.20. The third-order valence-electron chi connectivity index (χ3n) is 3.66. The van der Waals surface area contributed by atoms with E-state index < -0.39 is 0 Å². The summed E-state index contributed by atoms with van der Waals surface area (Å²) in [7, 11) is 0. The van der Waals surface area contributed by atoms with Gasteiger partial charge in [-0.25, -0.2) is 0 Å². The molecule has 0 aliphatic carbocycles. The lowest BCUT2D eigenvalue weighted by atomic mass is 9.99. The summed E-state index contributed by atoms with van der Waals surface area (Å²) in [4.78, 5) is 0. The van der Waals surface area contributed by atoms with Crippen LogP contribution in [0.15, 0.2) is 0 Å². The van der Waals surface area contributed by atoms with Gasteiger partial charge in [-0.15, -0.1) is 0 Å². The summed E-state index contributed by atoms with van der Waals surface area (Å²) in [5, 5.41) is 21.9. The van der Waals surface area contributed by atoms with Crippen molar-refractivity contribution in [2.75, 3.05) is 11.9 Å². The second kappa shape index (κ2) is 9.11. The molecule has 6 heteroatoms. The molecule has 0 bridgehead atoms. The second-order valence-electron chi connectivity index (χ2n) is 5.09. The van der Waals surface area contributed by atoms with Crippen molar-refractivity contribution in [3.8, 4) is 12.1 Å². The summed E-state index contributed by atoms with van der Waals surface area (Å²) in [6, 6.07) is 3.89. The molecule has 0 radical (unpaired) electrons. The standard InChI is InChI=1S/C16H18Cl3N3/c1-3-5-6-10(4-2)9-22-16-12(8-21)13(17)11(7-20)14(18)15(16)19/h10,22H,3-6,9H2,1-2H3. The summed E-state index contributed by atoms with van der Waals surface area (Å²) in [5.41, 5.74) is 0.611. The lowest BCUT2D eigenvalue weighted by molar-refractivity contribution is 0.473. The van der Waals surface area contributed by atoms with Gasteiger partial charge in [-0.1, -0.05) is 67.9 Å². The monoisotopic (exact) mass is 357 g/mol. The Hall–Kier alpha value is -1.13. The summed E-state index contributed by atoms with van der Waals surface area (Å²) >= 11 is 18.4. The van der Waals surface area contributed by atoms with Crippen molar-refractivity contribution in [3.05, 3.63) is 26.2 Å². The molecule has 0 saturated carbocycles. The molecule has 3 nitrogen and oxygen atoms in total. The molecule has 0 saturated heterocycles. The number of halogens is 3. The van der Waals surface area contributed by atoms with Crippen LogP contribution in [0.4, 0.5) is 5.69 Å². The maximum atomic E-state index is 9.31. The molecular formula is C16H18Cl3N3. The van der Waals surface area contributed by atoms with Crippen molar-refractivity contribution >= 4 is 40.5 Å². The molecular weight excluding hydrogens is 341 g/mol. The van der Waals surface area contributed by atoms with Crippen molar-refractivity contribution in [2.24, 2.45) is 5.92 Å². The third-order valence-corrected chi connectivity index (χ3v) is 4.89. The molecule has 0 aromatic heterocycles. The van der Waals surface area contributed by atoms with Crippen LogP contribution in [-0.2, 0) is 0 Å². The molecule has 1 rings (SSSR count). The first-order valence-corrected chi connectivity index (χ1v) is 8.39. The zero-order valence-corrected chi connectivity index (χ0v) is 14.9. The number of hydrogen-bond donors (Lipinski definition) is 1. The van der Waals surface area contributed by atoms with Gasteiger partial charge in [-0.3, -0.25) is 0 Å². The van der Waals surface area contributed by atoms with Crippen LogP contribution in [0.25, 0.3) is 0 Å². The summed E-state index contributed by atoms with van der Waals surface area (Å²) in [6.45, 7) is 4.97. The Bertz CT molecular complexity index is 615. The van der Waals surface area contributed by atoms with Gasteiger partial charge in [0.1, 0.15) is 12.1 Å². The molecule has 22 heavy (non-hydrogen) atoms. The average Bonchev–Trinajstić information content (AvgIpc) is 2.52. The number of anilines is 1. The molecule has 0 fully saturated rings. The van der Waals surface area contributed by atoms with Crippen molar-refractivity contribution in [1.82, 2.24) is 0 Å². The normalized spacial score (nSPS) is 11.6. The number of nitrogens with zero attached hydrogens (tertiary/aromatic N) is 2. The Morgan fingerprint density at radius 2 is 1.64 bits per heavy atom. The van der Waals surface area contributed by atoms with Crippen LogP contribution in [0.1, 0.15) is 50.7 Å². The molecule has 0 amide bonds. The number of unbranched alkanes of at least 4 members (excludes halogenated alkanes) is 1. The van der Waals surface area contributed by atoms with Crippen LogP contribution in [0.3, 0.4) is 0 Å². The summed E-state index contributed by atoms with van der Waals surface area (Å²) < 4.78 is 0. The second-order valence-corrected chi connectivity index (χ2v) is 6.22. The zero-order chi connectivity index (χ0) is 16.7. The van der Waals surface area contributed by atoms with E-state index in [-0.39, 0.29) is 26.2 Å². The maximum Gasteiger partial charge on any atom is 0.103 e. The van der Waals surface area contributed by atoms with Crippen molar-refractivity contribution in [3.63, 3.8) is 0 Å². The van der Waals surface area contributed by atoms with Gasteiger partial charge < -0.3 is 5.32 Å². The number of rotatable bonds is 7. The Balaban J connectivity index is 3.10. The predicted molar refractivity (Wildman–Crippen MR) is 92.7 cm³/mol. The van der Waals surface area contributed by atoms with E-state index in [9.17, 15) is 5.26 Å². The quantitative estimate of drug-likeness (QED) is 0.606. The Morgan fingerprint density at radius 3 is 2.14 bits per heavy atom. The van der Waals surface area contributed by atoms with E-state index in [0.29, 0.717) is 18.2 Å². The van der Waals surface area contributed by atoms with Crippen LogP contribution in [0, 0.1) is 28.6 Å². The van der Waals surface area contributed by atoms with Gasteiger partial charge >= 0.3 is 0 Å². The van der Waals surface area contributed by atoms with E-state index in [0.717, 1.165) is 25.7 Å². The SMILES string of the molecule is CCCCC(CC)CNc1c(Cl)c(Cl)c(C#N)c(Cl)c1C#N. The molecule has 1 unspecified atom stereocenters. The van der Waals surface area contributed by atoms with Crippen molar-refractivity contribution in [2.45, 2.75) is 39.5 Å². The largest absolute Gasteiger partial charge is 0.382 e. The highest BCUT2D eigenvalue weighted by Gasteiger charge is 2.21. The minimum Gasteiger partial charge on any atom is -0.382 e. The first-order chi connectivity index (χ1) is 10.5. The van der Waals surface area contributed by atoms with E-state index >= 15 is 0 Å². The number of benzene rings is 1. The van der Waals surface area contributed by atoms with Crippen molar-refractivity contribution < 1.29 is 0 Å². The average molecular weight is 359 g/mol. The fourth-order valence-electron chi connectivity index (χ4n) is 2.22. The molecule has 1 atom stereocenters. The van der Waals surface area contributed by atoms with E-state index in [4.69, 9.17) is 40.1 Å². The molecule has 0 spiro atoms. The fourth-order valence-corrected chi connectivity index (χ4v) is 3.03. The molecule has 118 valence electrons. The van der Waals surface area contributed by atoms with E-state index in [2.05, 4.69) is 19.2 Å². The van der Waals surface area contributed by atoms with Gasteiger partial charge in [0.25, 0.3) is 0 Å². The van der Waals surface area contributed by atoms with Gasteiger partial charge in [0.05, 0.1) is 31.9 Å². The summed E-state index contributed by atoms with van der Waals surface area (Å²) in [5.74, 6) is 0.482. The highest BCUT2D eigenvalue weighted by Crippen LogP contribution is 2.41. The minimum absolute atomic E-state index is 0.0356. The van der Waals surface area contributed by atoms with Crippen LogP contribution < -0.4 is 5.32 Å². The van der Waals surface area contributed by atoms with E-state index in [1.165, 1.54) is 0 Å². The lowest BCUT2D eigenvalue weighted by Crippen LogP contribution is -2.15. The fraction of sp³-hybridized carbons (Fsp3) is 0.500. The zero-order valence-electron chi connectivity index (χ0n) is 12.6. The molecule has 1 aromatic carbocycles. The van der Waals surface area contributed by atoms with Crippen molar-refractivity contribution in [1.29, 1.82) is 10.5 Å². The van der Waals surface area contributed by atoms with Gasteiger partial charge in [0.2, 0.25) is 0 Å². The van der Waals surface area contributed by atoms with Crippen LogP contribution >= 0.6 is 34.8 Å². The highest BCUT2D eigenvalue weighted by molar-refractivity contribution is 6.46. The van der Waals surface area contributed by atoms with Gasteiger partial charge in [0.15, 0.2) is 0 Å². The first kappa shape index (κ1) is 18.9. The number of hydrogen-bond acceptors (Lipinski definition) is 3. The number of nitrogens with one attached hydrogen (secondary N) is 1. The summed E-state index contributed by atoms with van der Waals surface area (Å²) in [6.07, 6.45) is 4.45. The van der Waals surface area contributed by atoms with Crippen LogP contribution in [-0.4, -0.2) is 6.54 Å². The molecule has 1 aromatic rings. The molecule has 0 aliphatic heterocycles. The molecule has 1 N–H and O–H groups in total. The predicted octanol–water partition coefficient (Wildman–Crippen LogP) is 6.02. The van der Waals surface area contributed by atoms with E-state index in [1.807, 2.05) is 12.1 Å². The van der Waals surface area contributed by atoms with Crippen LogP contribution in [0.2, 0.25) is 15.1 Å².